The van der Waals surface area contributed by atoms with E-state index in [9.17, 15) is 13.6 Å². The Morgan fingerprint density at radius 2 is 2.00 bits per heavy atom. The van der Waals surface area contributed by atoms with Gasteiger partial charge in [-0.3, -0.25) is 18.2 Å². The molecule has 1 aromatic rings. The fraction of sp³-hybridized carbons (Fsp3) is 0.500. The molecular weight excluding hydrogens is 339 g/mol. The van der Waals surface area contributed by atoms with Gasteiger partial charge in [0, 0.05) is 17.2 Å². The van der Waals surface area contributed by atoms with Crippen LogP contribution in [0.2, 0.25) is 0 Å². The normalized spacial score (nSPS) is 16.5. The van der Waals surface area contributed by atoms with E-state index >= 15 is 0 Å². The van der Waals surface area contributed by atoms with E-state index in [-0.39, 0.29) is 11.0 Å². The molecule has 0 radical (unpaired) electrons. The van der Waals surface area contributed by atoms with Crippen molar-refractivity contribution < 1.29 is 13.6 Å². The van der Waals surface area contributed by atoms with E-state index in [4.69, 9.17) is 0 Å². The zero-order valence-electron chi connectivity index (χ0n) is 13.3. The lowest BCUT2D eigenvalue weighted by Crippen LogP contribution is -2.31. The first kappa shape index (κ1) is 19.4. The summed E-state index contributed by atoms with van der Waals surface area (Å²) in [7, 11) is 1.64. The molecule has 3 atom stereocenters. The Morgan fingerprint density at radius 3 is 2.50 bits per heavy atom. The highest BCUT2D eigenvalue weighted by molar-refractivity contribution is 8.57. The predicted molar refractivity (Wildman–Crippen MR) is 94.5 cm³/mol. The molecule has 0 heterocycles. The standard InChI is InChI=1S/C14H23N2O3PS2/c1-5-12(2)21-20(18,15-3)16(4)14(17)11-22(19)13-9-7-6-8-10-13/h6-10,12H,5,11H2,1-4H3,(H,15,18). The van der Waals surface area contributed by atoms with Crippen molar-refractivity contribution in [2.75, 3.05) is 19.8 Å². The average Bonchev–Trinajstić information content (AvgIpc) is 2.54. The number of amides is 1. The van der Waals surface area contributed by atoms with Gasteiger partial charge in [-0.15, -0.1) is 0 Å². The van der Waals surface area contributed by atoms with Crippen LogP contribution in [0.5, 0.6) is 0 Å². The minimum absolute atomic E-state index is 0.160. The molecule has 0 bridgehead atoms. The molecule has 0 spiro atoms. The largest absolute Gasteiger partial charge is 0.294 e. The molecule has 1 amide bonds. The van der Waals surface area contributed by atoms with Crippen LogP contribution >= 0.6 is 18.0 Å². The van der Waals surface area contributed by atoms with Crippen LogP contribution in [-0.2, 0) is 20.2 Å². The summed E-state index contributed by atoms with van der Waals surface area (Å²) in [6.07, 6.45) is 0.855. The van der Waals surface area contributed by atoms with Crippen LogP contribution in [0.15, 0.2) is 35.2 Å². The van der Waals surface area contributed by atoms with Crippen LogP contribution in [0.25, 0.3) is 0 Å². The first-order chi connectivity index (χ1) is 10.3. The minimum atomic E-state index is -3.05. The van der Waals surface area contributed by atoms with Crippen molar-refractivity contribution in [1.82, 2.24) is 9.76 Å². The van der Waals surface area contributed by atoms with Gasteiger partial charge in [0.15, 0.2) is 0 Å². The number of nitrogens with zero attached hydrogens (tertiary/aromatic N) is 1. The fourth-order valence-corrected chi connectivity index (χ4v) is 7.21. The zero-order valence-corrected chi connectivity index (χ0v) is 15.8. The Morgan fingerprint density at radius 1 is 1.41 bits per heavy atom. The highest BCUT2D eigenvalue weighted by Gasteiger charge is 2.32. The summed E-state index contributed by atoms with van der Waals surface area (Å²) in [6.45, 7) is 0.919. The summed E-state index contributed by atoms with van der Waals surface area (Å²) in [5.41, 5.74) is 0. The van der Waals surface area contributed by atoms with Gasteiger partial charge in [-0.05, 0) is 25.6 Å². The van der Waals surface area contributed by atoms with Crippen molar-refractivity contribution in [1.29, 1.82) is 0 Å². The van der Waals surface area contributed by atoms with Crippen LogP contribution in [0.3, 0.4) is 0 Å². The molecule has 5 nitrogen and oxygen atoms in total. The van der Waals surface area contributed by atoms with Crippen molar-refractivity contribution in [2.45, 2.75) is 30.4 Å². The Kier molecular flexibility index (Phi) is 7.83. The summed E-state index contributed by atoms with van der Waals surface area (Å²) in [4.78, 5) is 12.9. The monoisotopic (exact) mass is 362 g/mol. The van der Waals surface area contributed by atoms with Gasteiger partial charge in [0.1, 0.15) is 5.75 Å². The third kappa shape index (κ3) is 5.23. The third-order valence-corrected chi connectivity index (χ3v) is 10.3. The molecule has 0 aromatic heterocycles. The molecule has 124 valence electrons. The molecule has 0 aliphatic carbocycles. The van der Waals surface area contributed by atoms with E-state index < -0.39 is 23.4 Å². The predicted octanol–water partition coefficient (Wildman–Crippen LogP) is 3.11. The van der Waals surface area contributed by atoms with Crippen LogP contribution in [0.1, 0.15) is 20.3 Å². The van der Waals surface area contributed by atoms with Crippen molar-refractivity contribution in [3.05, 3.63) is 30.3 Å². The number of hydrogen-bond donors (Lipinski definition) is 1. The Labute approximate surface area is 138 Å². The van der Waals surface area contributed by atoms with Crippen LogP contribution in [-0.4, -0.2) is 39.9 Å². The number of benzene rings is 1. The molecule has 0 saturated heterocycles. The first-order valence-electron chi connectivity index (χ1n) is 7.02. The first-order valence-corrected chi connectivity index (χ1v) is 11.5. The third-order valence-electron chi connectivity index (χ3n) is 3.20. The lowest BCUT2D eigenvalue weighted by Gasteiger charge is -2.28. The van der Waals surface area contributed by atoms with Crippen molar-refractivity contribution in [3.8, 4) is 0 Å². The van der Waals surface area contributed by atoms with E-state index in [1.54, 1.807) is 31.3 Å². The molecular formula is C14H23N2O3PS2. The van der Waals surface area contributed by atoms with Crippen LogP contribution in [0.4, 0.5) is 0 Å². The van der Waals surface area contributed by atoms with E-state index in [2.05, 4.69) is 5.09 Å². The van der Waals surface area contributed by atoms with Gasteiger partial charge in [-0.2, -0.15) is 0 Å². The molecule has 3 unspecified atom stereocenters. The Bertz CT molecular complexity index is 568. The number of rotatable bonds is 8. The smallest absolute Gasteiger partial charge is 0.276 e. The average molecular weight is 362 g/mol. The molecule has 1 rings (SSSR count). The molecule has 0 aliphatic rings. The van der Waals surface area contributed by atoms with Gasteiger partial charge in [-0.25, -0.2) is 5.09 Å². The SMILES string of the molecule is CCC(C)SP(=O)(NC)N(C)C(=O)CS(=O)c1ccccc1. The molecule has 8 heteroatoms. The van der Waals surface area contributed by atoms with Crippen molar-refractivity contribution in [3.63, 3.8) is 0 Å². The van der Waals surface area contributed by atoms with Gasteiger partial charge in [-0.1, -0.05) is 43.4 Å². The fourth-order valence-electron chi connectivity index (χ4n) is 1.60. The maximum atomic E-state index is 12.9. The highest BCUT2D eigenvalue weighted by Crippen LogP contribution is 2.59. The van der Waals surface area contributed by atoms with Gasteiger partial charge < -0.3 is 0 Å². The molecule has 1 aromatic carbocycles. The van der Waals surface area contributed by atoms with Crippen molar-refractivity contribution in [2.24, 2.45) is 0 Å². The summed E-state index contributed by atoms with van der Waals surface area (Å²) in [5, 5.41) is 2.92. The summed E-state index contributed by atoms with van der Waals surface area (Å²) in [5.74, 6) is -0.566. The Balaban J connectivity index is 2.78. The number of carbonyl (C=O) groups is 1. The number of carbonyl (C=O) groups excluding carboxylic acids is 1. The number of nitrogens with one attached hydrogen (secondary N) is 1. The second kappa shape index (κ2) is 8.87. The lowest BCUT2D eigenvalue weighted by molar-refractivity contribution is -0.123. The topological polar surface area (TPSA) is 66.5 Å². The highest BCUT2D eigenvalue weighted by atomic mass is 32.7. The lowest BCUT2D eigenvalue weighted by atomic mass is 10.4. The number of hydrogen-bond acceptors (Lipinski definition) is 4. The molecule has 0 aliphatic heterocycles. The van der Waals surface area contributed by atoms with Gasteiger partial charge >= 0.3 is 0 Å². The van der Waals surface area contributed by atoms with Gasteiger partial charge in [0.2, 0.25) is 5.91 Å². The second-order valence-electron chi connectivity index (χ2n) is 4.79. The van der Waals surface area contributed by atoms with E-state index in [0.717, 1.165) is 6.42 Å². The molecule has 0 fully saturated rings. The van der Waals surface area contributed by atoms with E-state index in [0.29, 0.717) is 4.90 Å². The van der Waals surface area contributed by atoms with Crippen LogP contribution in [0, 0.1) is 0 Å². The Hall–Kier alpha value is -0.620. The minimum Gasteiger partial charge on any atom is -0.276 e. The molecule has 22 heavy (non-hydrogen) atoms. The zero-order chi connectivity index (χ0) is 16.8. The summed E-state index contributed by atoms with van der Waals surface area (Å²) < 4.78 is 26.3. The summed E-state index contributed by atoms with van der Waals surface area (Å²) in [6, 6.07) is 8.81. The van der Waals surface area contributed by atoms with Gasteiger partial charge in [0.25, 0.3) is 6.65 Å². The summed E-state index contributed by atoms with van der Waals surface area (Å²) >= 11 is 1.26. The maximum Gasteiger partial charge on any atom is 0.294 e. The van der Waals surface area contributed by atoms with Gasteiger partial charge in [0.05, 0.1) is 10.8 Å². The quantitative estimate of drug-likeness (QED) is 0.720. The van der Waals surface area contributed by atoms with E-state index in [1.165, 1.54) is 23.1 Å². The van der Waals surface area contributed by atoms with Crippen molar-refractivity contribution >= 4 is 34.7 Å². The molecule has 0 saturated carbocycles. The van der Waals surface area contributed by atoms with E-state index in [1.807, 2.05) is 19.9 Å². The van der Waals surface area contributed by atoms with Crippen LogP contribution < -0.4 is 5.09 Å². The second-order valence-corrected chi connectivity index (χ2v) is 11.5. The maximum absolute atomic E-state index is 12.9. The molecule has 1 N–H and O–H groups in total.